The molecular formula is C20H29N3O3. The second-order valence-electron chi connectivity index (χ2n) is 7.61. The van der Waals surface area contributed by atoms with Crippen molar-refractivity contribution in [3.05, 3.63) is 35.4 Å². The molecule has 3 N–H and O–H groups in total. The second-order valence-corrected chi connectivity index (χ2v) is 7.61. The molecule has 1 aliphatic carbocycles. The minimum absolute atomic E-state index is 0.0956. The fourth-order valence-electron chi connectivity index (χ4n) is 4.84. The number of aliphatic hydroxyl groups excluding tert-OH is 1. The molecule has 6 heteroatoms. The quantitative estimate of drug-likeness (QED) is 0.733. The third-order valence-electron chi connectivity index (χ3n) is 6.28. The third kappa shape index (κ3) is 3.16. The molecule has 2 atom stereocenters. The van der Waals surface area contributed by atoms with Crippen molar-refractivity contribution in [1.82, 2.24) is 15.5 Å². The lowest BCUT2D eigenvalue weighted by Crippen LogP contribution is -2.48. The molecule has 0 saturated carbocycles. The number of morpholine rings is 1. The molecule has 1 spiro atoms. The molecule has 2 saturated heterocycles. The van der Waals surface area contributed by atoms with Gasteiger partial charge in [0.2, 0.25) is 5.91 Å². The zero-order valence-corrected chi connectivity index (χ0v) is 15.2. The Balaban J connectivity index is 1.42. The van der Waals surface area contributed by atoms with Crippen molar-refractivity contribution < 1.29 is 14.6 Å². The fraction of sp³-hybridized carbons (Fsp3) is 0.650. The average molecular weight is 359 g/mol. The maximum Gasteiger partial charge on any atom is 0.224 e. The van der Waals surface area contributed by atoms with Crippen molar-refractivity contribution in [2.75, 3.05) is 45.9 Å². The van der Waals surface area contributed by atoms with Crippen LogP contribution in [0.15, 0.2) is 24.3 Å². The molecule has 6 nitrogen and oxygen atoms in total. The zero-order chi connectivity index (χ0) is 18.0. The maximum atomic E-state index is 12.4. The van der Waals surface area contributed by atoms with E-state index in [0.717, 1.165) is 25.9 Å². The molecule has 2 heterocycles. The van der Waals surface area contributed by atoms with Gasteiger partial charge in [0.05, 0.1) is 25.4 Å². The molecule has 2 fully saturated rings. The van der Waals surface area contributed by atoms with Crippen LogP contribution < -0.4 is 10.6 Å². The second kappa shape index (κ2) is 7.64. The van der Waals surface area contributed by atoms with Gasteiger partial charge in [0.15, 0.2) is 0 Å². The van der Waals surface area contributed by atoms with Gasteiger partial charge in [-0.15, -0.1) is 0 Å². The van der Waals surface area contributed by atoms with Crippen molar-refractivity contribution in [3.63, 3.8) is 0 Å². The van der Waals surface area contributed by atoms with Gasteiger partial charge in [-0.3, -0.25) is 4.79 Å². The van der Waals surface area contributed by atoms with E-state index < -0.39 is 6.10 Å². The van der Waals surface area contributed by atoms with E-state index >= 15 is 0 Å². The summed E-state index contributed by atoms with van der Waals surface area (Å²) in [5.41, 5.74) is 2.32. The predicted octanol–water partition coefficient (Wildman–Crippen LogP) is 0.562. The van der Waals surface area contributed by atoms with E-state index in [-0.39, 0.29) is 17.4 Å². The smallest absolute Gasteiger partial charge is 0.224 e. The summed E-state index contributed by atoms with van der Waals surface area (Å²) < 4.78 is 5.30. The lowest BCUT2D eigenvalue weighted by Gasteiger charge is -2.39. The Kier molecular flexibility index (Phi) is 5.27. The van der Waals surface area contributed by atoms with Crippen LogP contribution in [0.4, 0.5) is 0 Å². The first-order valence-corrected chi connectivity index (χ1v) is 9.79. The van der Waals surface area contributed by atoms with E-state index in [1.54, 1.807) is 0 Å². The Bertz CT molecular complexity index is 639. The first-order valence-electron chi connectivity index (χ1n) is 9.79. The van der Waals surface area contributed by atoms with Crippen molar-refractivity contribution in [2.45, 2.75) is 36.8 Å². The van der Waals surface area contributed by atoms with Gasteiger partial charge in [-0.1, -0.05) is 24.3 Å². The third-order valence-corrected chi connectivity index (χ3v) is 6.28. The van der Waals surface area contributed by atoms with Crippen molar-refractivity contribution >= 4 is 5.91 Å². The van der Waals surface area contributed by atoms with Crippen molar-refractivity contribution in [2.24, 2.45) is 0 Å². The van der Waals surface area contributed by atoms with Gasteiger partial charge in [0.25, 0.3) is 0 Å². The zero-order valence-electron chi connectivity index (χ0n) is 15.2. The monoisotopic (exact) mass is 359 g/mol. The van der Waals surface area contributed by atoms with Crippen LogP contribution in [0.3, 0.4) is 0 Å². The molecule has 26 heavy (non-hydrogen) atoms. The number of ether oxygens (including phenoxy) is 1. The molecular weight excluding hydrogens is 330 g/mol. The van der Waals surface area contributed by atoms with Crippen LogP contribution in [0, 0.1) is 0 Å². The highest BCUT2D eigenvalue weighted by molar-refractivity contribution is 5.76. The largest absolute Gasteiger partial charge is 0.390 e. The highest BCUT2D eigenvalue weighted by Crippen LogP contribution is 2.49. The molecule has 4 rings (SSSR count). The van der Waals surface area contributed by atoms with Crippen molar-refractivity contribution in [3.8, 4) is 0 Å². The summed E-state index contributed by atoms with van der Waals surface area (Å²) in [6.07, 6.45) is 1.92. The number of rotatable bonds is 4. The molecule has 0 unspecified atom stereocenters. The molecule has 2 aliphatic heterocycles. The molecule has 0 aromatic heterocycles. The van der Waals surface area contributed by atoms with E-state index in [1.807, 2.05) is 11.0 Å². The Morgan fingerprint density at radius 1 is 1.27 bits per heavy atom. The van der Waals surface area contributed by atoms with Gasteiger partial charge >= 0.3 is 0 Å². The number of hydrogen-bond donors (Lipinski definition) is 3. The van der Waals surface area contributed by atoms with Gasteiger partial charge in [0.1, 0.15) is 0 Å². The summed E-state index contributed by atoms with van der Waals surface area (Å²) in [6, 6.07) is 8.31. The number of fused-ring (bicyclic) bond motifs is 2. The molecule has 3 aliphatic rings. The van der Waals surface area contributed by atoms with E-state index in [1.165, 1.54) is 11.1 Å². The van der Waals surface area contributed by atoms with E-state index in [2.05, 4.69) is 28.8 Å². The highest BCUT2D eigenvalue weighted by atomic mass is 16.5. The van der Waals surface area contributed by atoms with Gasteiger partial charge in [-0.2, -0.15) is 0 Å². The van der Waals surface area contributed by atoms with Gasteiger partial charge in [-0.05, 0) is 37.1 Å². The summed E-state index contributed by atoms with van der Waals surface area (Å²) >= 11 is 0. The number of amides is 1. The number of hydrogen-bond acceptors (Lipinski definition) is 5. The lowest BCUT2D eigenvalue weighted by molar-refractivity contribution is -0.135. The summed E-state index contributed by atoms with van der Waals surface area (Å²) in [5.74, 6) is 0.165. The molecule has 0 bridgehead atoms. The van der Waals surface area contributed by atoms with Crippen molar-refractivity contribution in [1.29, 1.82) is 0 Å². The molecule has 142 valence electrons. The summed E-state index contributed by atoms with van der Waals surface area (Å²) in [4.78, 5) is 14.2. The number of carbonyl (C=O) groups is 1. The van der Waals surface area contributed by atoms with Gasteiger partial charge in [0, 0.05) is 31.5 Å². The van der Waals surface area contributed by atoms with Crippen LogP contribution >= 0.6 is 0 Å². The number of carbonyl (C=O) groups excluding carboxylic acids is 1. The standard InChI is InChI=1S/C20H29N3O3/c24-17(23-11-13-26-14-12-23)5-8-22-18-15-3-1-2-4-16(15)20(19(18)25)6-9-21-10-7-20/h1-4,18-19,21-22,25H,5-14H2/t18-,19+/m0/s1. The number of nitrogens with zero attached hydrogens (tertiary/aromatic N) is 1. The van der Waals surface area contributed by atoms with E-state index in [9.17, 15) is 9.90 Å². The Morgan fingerprint density at radius 3 is 2.77 bits per heavy atom. The fourth-order valence-corrected chi connectivity index (χ4v) is 4.84. The maximum absolute atomic E-state index is 12.4. The number of benzene rings is 1. The first kappa shape index (κ1) is 17.9. The highest BCUT2D eigenvalue weighted by Gasteiger charge is 2.51. The van der Waals surface area contributed by atoms with Crippen LogP contribution in [-0.4, -0.2) is 68.0 Å². The minimum Gasteiger partial charge on any atom is -0.390 e. The van der Waals surface area contributed by atoms with E-state index in [4.69, 9.17) is 4.74 Å². The Labute approximate surface area is 154 Å². The number of nitrogens with one attached hydrogen (secondary N) is 2. The molecule has 1 amide bonds. The summed E-state index contributed by atoms with van der Waals surface area (Å²) in [6.45, 7) is 5.09. The SMILES string of the molecule is O=C(CCN[C@H]1c2ccccc2C2(CCNCC2)[C@@H]1O)N1CCOCC1. The van der Waals surface area contributed by atoms with E-state index in [0.29, 0.717) is 39.3 Å². The topological polar surface area (TPSA) is 73.8 Å². The number of aliphatic hydroxyl groups is 1. The van der Waals surface area contributed by atoms with Crippen LogP contribution in [0.2, 0.25) is 0 Å². The van der Waals surface area contributed by atoms with Crippen LogP contribution in [0.5, 0.6) is 0 Å². The summed E-state index contributed by atoms with van der Waals surface area (Å²) in [7, 11) is 0. The molecule has 1 aromatic carbocycles. The molecule has 0 radical (unpaired) electrons. The Morgan fingerprint density at radius 2 is 2.00 bits per heavy atom. The normalized spacial score (nSPS) is 27.5. The Hall–Kier alpha value is -1.47. The number of piperidine rings is 1. The molecule has 1 aromatic rings. The lowest BCUT2D eigenvalue weighted by atomic mass is 9.72. The average Bonchev–Trinajstić information content (AvgIpc) is 2.92. The van der Waals surface area contributed by atoms with Gasteiger partial charge in [-0.25, -0.2) is 0 Å². The first-order chi connectivity index (χ1) is 12.7. The minimum atomic E-state index is -0.444. The van der Waals surface area contributed by atoms with Crippen LogP contribution in [0.1, 0.15) is 36.4 Å². The van der Waals surface area contributed by atoms with Crippen LogP contribution in [0.25, 0.3) is 0 Å². The summed E-state index contributed by atoms with van der Waals surface area (Å²) in [5, 5.41) is 18.1. The predicted molar refractivity (Wildman–Crippen MR) is 99.0 cm³/mol. The van der Waals surface area contributed by atoms with Gasteiger partial charge < -0.3 is 25.4 Å². The van der Waals surface area contributed by atoms with Crippen LogP contribution in [-0.2, 0) is 14.9 Å².